The van der Waals surface area contributed by atoms with Gasteiger partial charge >= 0.3 is 0 Å². The van der Waals surface area contributed by atoms with Gasteiger partial charge in [0, 0.05) is 49.7 Å². The average molecular weight is 553 g/mol. The van der Waals surface area contributed by atoms with E-state index in [1.165, 1.54) is 34.3 Å². The van der Waals surface area contributed by atoms with E-state index >= 15 is 0 Å². The van der Waals surface area contributed by atoms with Gasteiger partial charge < -0.3 is 35.3 Å². The third kappa shape index (κ3) is 7.87. The molecule has 0 fully saturated rings. The molecule has 2 aromatic carbocycles. The number of rotatable bonds is 18. The highest BCUT2D eigenvalue weighted by atomic mass is 16.6. The van der Waals surface area contributed by atoms with E-state index in [9.17, 15) is 45.8 Å². The van der Waals surface area contributed by atoms with E-state index in [0.717, 1.165) is 0 Å². The Kier molecular flexibility index (Phi) is 12.6. The Bertz CT molecular complexity index is 1080. The van der Waals surface area contributed by atoms with Gasteiger partial charge in [0.25, 0.3) is 11.4 Å². The molecule has 15 heteroatoms. The molecule has 216 valence electrons. The maximum atomic E-state index is 12.1. The summed E-state index contributed by atoms with van der Waals surface area (Å²) in [4.78, 5) is 26.3. The summed E-state index contributed by atoms with van der Waals surface area (Å²) in [5.41, 5.74) is 0.175. The summed E-state index contributed by atoms with van der Waals surface area (Å²) in [5, 5.41) is 74.5. The summed E-state index contributed by atoms with van der Waals surface area (Å²) >= 11 is 0. The molecule has 0 aliphatic carbocycles. The van der Waals surface area contributed by atoms with E-state index in [-0.39, 0.29) is 75.3 Å². The van der Waals surface area contributed by atoms with Crippen LogP contribution in [0, 0.1) is 20.2 Å². The highest BCUT2D eigenvalue weighted by Crippen LogP contribution is 2.38. The SMILES string of the molecule is CCN(CCO)c1ccc(N(CCO)N(CCO)c2ccc(N(CCO)CCO)cc2[N+](=O)[O-])c([N+](=O)[O-])c1. The lowest BCUT2D eigenvalue weighted by Gasteiger charge is -2.37. The van der Waals surface area contributed by atoms with Crippen molar-refractivity contribution in [1.82, 2.24) is 0 Å². The third-order valence-corrected chi connectivity index (χ3v) is 6.00. The van der Waals surface area contributed by atoms with E-state index < -0.39 is 23.1 Å². The van der Waals surface area contributed by atoms with Crippen LogP contribution in [0.1, 0.15) is 6.92 Å². The molecule has 0 aliphatic rings. The summed E-state index contributed by atoms with van der Waals surface area (Å²) in [6, 6.07) is 8.61. The summed E-state index contributed by atoms with van der Waals surface area (Å²) in [6.45, 7) is 0.869. The number of hydrogen-bond donors (Lipinski definition) is 5. The van der Waals surface area contributed by atoms with Crippen LogP contribution in [0.3, 0.4) is 0 Å². The molecular formula is C24H36N6O9. The van der Waals surface area contributed by atoms with Crippen LogP contribution in [0.4, 0.5) is 34.1 Å². The number of anilines is 4. The monoisotopic (exact) mass is 552 g/mol. The minimum absolute atomic E-state index is 0.00744. The molecule has 15 nitrogen and oxygen atoms in total. The Hall–Kier alpha value is -3.76. The molecule has 39 heavy (non-hydrogen) atoms. The first-order valence-electron chi connectivity index (χ1n) is 12.4. The molecule has 0 saturated heterocycles. The Morgan fingerprint density at radius 1 is 0.615 bits per heavy atom. The lowest BCUT2D eigenvalue weighted by molar-refractivity contribution is -0.384. The predicted octanol–water partition coefficient (Wildman–Crippen LogP) is 0.325. The van der Waals surface area contributed by atoms with Crippen molar-refractivity contribution >= 4 is 34.1 Å². The summed E-state index contributed by atoms with van der Waals surface area (Å²) < 4.78 is 0. The second kappa shape index (κ2) is 15.6. The number of likely N-dealkylation sites (N-methyl/N-ethyl adjacent to an activating group) is 1. The largest absolute Gasteiger partial charge is 0.395 e. The molecule has 0 heterocycles. The van der Waals surface area contributed by atoms with Crippen LogP contribution in [-0.4, -0.2) is 108 Å². The van der Waals surface area contributed by atoms with Gasteiger partial charge in [-0.1, -0.05) is 0 Å². The quantitative estimate of drug-likeness (QED) is 0.125. The number of hydrogen-bond acceptors (Lipinski definition) is 13. The van der Waals surface area contributed by atoms with Crippen LogP contribution < -0.4 is 19.8 Å². The molecule has 0 saturated carbocycles. The van der Waals surface area contributed by atoms with Crippen LogP contribution >= 0.6 is 0 Å². The molecule has 0 unspecified atom stereocenters. The second-order valence-electron chi connectivity index (χ2n) is 8.29. The van der Waals surface area contributed by atoms with Crippen LogP contribution in [-0.2, 0) is 0 Å². The molecule has 0 aliphatic heterocycles. The van der Waals surface area contributed by atoms with Gasteiger partial charge in [-0.05, 0) is 31.2 Å². The van der Waals surface area contributed by atoms with Crippen molar-refractivity contribution in [2.45, 2.75) is 6.92 Å². The van der Waals surface area contributed by atoms with E-state index in [0.29, 0.717) is 17.9 Å². The number of aliphatic hydroxyl groups excluding tert-OH is 5. The van der Waals surface area contributed by atoms with Gasteiger partial charge in [-0.3, -0.25) is 30.2 Å². The van der Waals surface area contributed by atoms with E-state index in [4.69, 9.17) is 0 Å². The number of benzene rings is 2. The van der Waals surface area contributed by atoms with Crippen molar-refractivity contribution in [2.24, 2.45) is 0 Å². The Morgan fingerprint density at radius 3 is 1.31 bits per heavy atom. The van der Waals surface area contributed by atoms with Gasteiger partial charge in [0.1, 0.15) is 11.4 Å². The van der Waals surface area contributed by atoms with Crippen molar-refractivity contribution in [3.63, 3.8) is 0 Å². The summed E-state index contributed by atoms with van der Waals surface area (Å²) in [6.07, 6.45) is 0. The third-order valence-electron chi connectivity index (χ3n) is 6.00. The maximum absolute atomic E-state index is 12.1. The molecule has 0 atom stereocenters. The molecule has 0 aromatic heterocycles. The zero-order valence-corrected chi connectivity index (χ0v) is 21.8. The Balaban J connectivity index is 2.70. The van der Waals surface area contributed by atoms with Crippen molar-refractivity contribution in [1.29, 1.82) is 0 Å². The predicted molar refractivity (Wildman–Crippen MR) is 146 cm³/mol. The molecule has 0 spiro atoms. The molecular weight excluding hydrogens is 516 g/mol. The fourth-order valence-electron chi connectivity index (χ4n) is 4.28. The maximum Gasteiger partial charge on any atom is 0.296 e. The fraction of sp³-hybridized carbons (Fsp3) is 0.500. The standard InChI is InChI=1S/C24H36N6O9/c1-2-25(7-12-31)19-3-5-21(23(17-19)29(36)37)27(10-15-34)28(11-16-35)22-6-4-20(18-24(22)30(38)39)26(8-13-32)9-14-33/h3-6,17-18,31-35H,2,7-16H2,1H3. The minimum atomic E-state index is -0.637. The van der Waals surface area contributed by atoms with Crippen molar-refractivity contribution in [3.8, 4) is 0 Å². The van der Waals surface area contributed by atoms with Crippen LogP contribution in [0.15, 0.2) is 36.4 Å². The Labute approximate surface area is 225 Å². The highest BCUT2D eigenvalue weighted by molar-refractivity contribution is 5.76. The van der Waals surface area contributed by atoms with Gasteiger partial charge in [0.05, 0.1) is 56.0 Å². The van der Waals surface area contributed by atoms with Gasteiger partial charge in [-0.15, -0.1) is 0 Å². The number of hydrazine groups is 1. The van der Waals surface area contributed by atoms with E-state index in [1.54, 1.807) is 21.9 Å². The van der Waals surface area contributed by atoms with Gasteiger partial charge in [0.2, 0.25) is 0 Å². The highest BCUT2D eigenvalue weighted by Gasteiger charge is 2.30. The van der Waals surface area contributed by atoms with Crippen molar-refractivity contribution < 1.29 is 35.4 Å². The molecule has 2 aromatic rings. The van der Waals surface area contributed by atoms with Crippen LogP contribution in [0.25, 0.3) is 0 Å². The van der Waals surface area contributed by atoms with Crippen molar-refractivity contribution in [2.75, 3.05) is 92.1 Å². The zero-order chi connectivity index (χ0) is 28.9. The van der Waals surface area contributed by atoms with Crippen LogP contribution in [0.5, 0.6) is 0 Å². The summed E-state index contributed by atoms with van der Waals surface area (Å²) in [7, 11) is 0. The first kappa shape index (κ1) is 31.5. The van der Waals surface area contributed by atoms with Gasteiger partial charge in [-0.2, -0.15) is 0 Å². The first-order valence-corrected chi connectivity index (χ1v) is 12.4. The topological polar surface area (TPSA) is 200 Å². The molecule has 0 radical (unpaired) electrons. The lowest BCUT2D eigenvalue weighted by Crippen LogP contribution is -2.47. The minimum Gasteiger partial charge on any atom is -0.395 e. The number of nitrogens with zero attached hydrogens (tertiary/aromatic N) is 6. The Morgan fingerprint density at radius 2 is 0.974 bits per heavy atom. The number of nitro groups is 2. The smallest absolute Gasteiger partial charge is 0.296 e. The molecule has 5 N–H and O–H groups in total. The average Bonchev–Trinajstić information content (AvgIpc) is 2.93. The van der Waals surface area contributed by atoms with Gasteiger partial charge in [-0.25, -0.2) is 0 Å². The molecule has 0 bridgehead atoms. The lowest BCUT2D eigenvalue weighted by atomic mass is 10.2. The van der Waals surface area contributed by atoms with Crippen LogP contribution in [0.2, 0.25) is 0 Å². The first-order chi connectivity index (χ1) is 18.8. The summed E-state index contributed by atoms with van der Waals surface area (Å²) in [5.74, 6) is 0. The van der Waals surface area contributed by atoms with Crippen molar-refractivity contribution in [3.05, 3.63) is 56.6 Å². The zero-order valence-electron chi connectivity index (χ0n) is 21.8. The van der Waals surface area contributed by atoms with E-state index in [2.05, 4.69) is 0 Å². The number of aliphatic hydroxyl groups is 5. The second-order valence-corrected chi connectivity index (χ2v) is 8.29. The molecule has 0 amide bonds. The van der Waals surface area contributed by atoms with E-state index in [1.807, 2.05) is 6.92 Å². The van der Waals surface area contributed by atoms with Gasteiger partial charge in [0.15, 0.2) is 0 Å². The number of nitro benzene ring substituents is 2. The normalized spacial score (nSPS) is 10.8. The fourth-order valence-corrected chi connectivity index (χ4v) is 4.28. The molecule has 2 rings (SSSR count).